The SMILES string of the molecule is O=c1cnc2ccccc2n1Cc1c(F)cc(-c2cccnc2)cc1F. The molecule has 4 nitrogen and oxygen atoms in total. The van der Waals surface area contributed by atoms with E-state index in [9.17, 15) is 13.6 Å². The second-order valence-electron chi connectivity index (χ2n) is 5.83. The zero-order valence-corrected chi connectivity index (χ0v) is 13.6. The first-order valence-electron chi connectivity index (χ1n) is 7.96. The second-order valence-corrected chi connectivity index (χ2v) is 5.83. The quantitative estimate of drug-likeness (QED) is 0.565. The molecule has 0 aliphatic rings. The van der Waals surface area contributed by atoms with Gasteiger partial charge in [0.25, 0.3) is 5.56 Å². The fourth-order valence-corrected chi connectivity index (χ4v) is 2.89. The first kappa shape index (κ1) is 16.1. The van der Waals surface area contributed by atoms with Crippen molar-refractivity contribution >= 4 is 11.0 Å². The highest BCUT2D eigenvalue weighted by Gasteiger charge is 2.15. The van der Waals surface area contributed by atoms with Crippen LogP contribution in [0.1, 0.15) is 5.56 Å². The summed E-state index contributed by atoms with van der Waals surface area (Å²) in [5.74, 6) is -1.42. The molecular formula is C20H13F2N3O. The van der Waals surface area contributed by atoms with Crippen molar-refractivity contribution in [2.24, 2.45) is 0 Å². The van der Waals surface area contributed by atoms with E-state index in [-0.39, 0.29) is 12.1 Å². The van der Waals surface area contributed by atoms with Crippen LogP contribution in [0.25, 0.3) is 22.2 Å². The number of aromatic nitrogens is 3. The number of pyridine rings is 1. The Morgan fingerprint density at radius 1 is 0.923 bits per heavy atom. The third kappa shape index (κ3) is 2.86. The molecule has 26 heavy (non-hydrogen) atoms. The highest BCUT2D eigenvalue weighted by Crippen LogP contribution is 2.24. The van der Waals surface area contributed by atoms with Crippen LogP contribution in [0.3, 0.4) is 0 Å². The summed E-state index contributed by atoms with van der Waals surface area (Å²) in [6.07, 6.45) is 4.28. The smallest absolute Gasteiger partial charge is 0.269 e. The van der Waals surface area contributed by atoms with E-state index in [0.29, 0.717) is 22.2 Å². The predicted molar refractivity (Wildman–Crippen MR) is 94.7 cm³/mol. The maximum Gasteiger partial charge on any atom is 0.269 e. The molecule has 0 saturated heterocycles. The van der Waals surface area contributed by atoms with E-state index in [1.165, 1.54) is 22.9 Å². The molecule has 0 aliphatic carbocycles. The normalized spacial score (nSPS) is 11.0. The van der Waals surface area contributed by atoms with Gasteiger partial charge in [0.15, 0.2) is 0 Å². The van der Waals surface area contributed by atoms with Crippen molar-refractivity contribution in [3.63, 3.8) is 0 Å². The van der Waals surface area contributed by atoms with Gasteiger partial charge in [0.05, 0.1) is 23.8 Å². The molecule has 2 aromatic carbocycles. The average molecular weight is 349 g/mol. The van der Waals surface area contributed by atoms with E-state index in [0.717, 1.165) is 6.20 Å². The first-order chi connectivity index (χ1) is 12.6. The molecule has 2 heterocycles. The molecule has 2 aromatic heterocycles. The molecule has 0 aliphatic heterocycles. The van der Waals surface area contributed by atoms with Crippen molar-refractivity contribution in [1.82, 2.24) is 14.5 Å². The number of halogens is 2. The van der Waals surface area contributed by atoms with Crippen LogP contribution in [0.5, 0.6) is 0 Å². The Labute approximate surface area is 147 Å². The zero-order chi connectivity index (χ0) is 18.1. The standard InChI is InChI=1S/C20H13F2N3O/c21-16-8-14(13-4-3-7-23-10-13)9-17(22)15(16)12-25-19-6-2-1-5-18(19)24-11-20(25)26/h1-11H,12H2. The van der Waals surface area contributed by atoms with Gasteiger partial charge in [-0.2, -0.15) is 0 Å². The van der Waals surface area contributed by atoms with Gasteiger partial charge in [-0.3, -0.25) is 9.78 Å². The van der Waals surface area contributed by atoms with E-state index in [1.54, 1.807) is 42.6 Å². The van der Waals surface area contributed by atoms with Crippen LogP contribution in [-0.2, 0) is 6.54 Å². The van der Waals surface area contributed by atoms with Crippen LogP contribution in [0.4, 0.5) is 8.78 Å². The Hall–Kier alpha value is -3.41. The van der Waals surface area contributed by atoms with Crippen molar-refractivity contribution in [2.75, 3.05) is 0 Å². The molecule has 0 unspecified atom stereocenters. The lowest BCUT2D eigenvalue weighted by molar-refractivity contribution is 0.545. The molecule has 0 amide bonds. The Kier molecular flexibility index (Phi) is 4.01. The lowest BCUT2D eigenvalue weighted by atomic mass is 10.0. The van der Waals surface area contributed by atoms with E-state index < -0.39 is 17.2 Å². The summed E-state index contributed by atoms with van der Waals surface area (Å²) < 4.78 is 30.6. The first-order valence-corrected chi connectivity index (χ1v) is 7.96. The summed E-state index contributed by atoms with van der Waals surface area (Å²) in [5, 5.41) is 0. The highest BCUT2D eigenvalue weighted by molar-refractivity contribution is 5.74. The number of hydrogen-bond acceptors (Lipinski definition) is 3. The van der Waals surface area contributed by atoms with Crippen LogP contribution in [-0.4, -0.2) is 14.5 Å². The van der Waals surface area contributed by atoms with E-state index in [2.05, 4.69) is 9.97 Å². The van der Waals surface area contributed by atoms with Gasteiger partial charge in [-0.15, -0.1) is 0 Å². The molecule has 0 spiro atoms. The van der Waals surface area contributed by atoms with Crippen molar-refractivity contribution in [2.45, 2.75) is 6.54 Å². The van der Waals surface area contributed by atoms with Gasteiger partial charge in [0.1, 0.15) is 11.6 Å². The predicted octanol–water partition coefficient (Wildman–Crippen LogP) is 3.79. The monoisotopic (exact) mass is 349 g/mol. The minimum absolute atomic E-state index is 0.170. The number of hydrogen-bond donors (Lipinski definition) is 0. The second kappa shape index (κ2) is 6.48. The number of benzene rings is 2. The molecule has 4 rings (SSSR count). The van der Waals surface area contributed by atoms with Crippen molar-refractivity contribution < 1.29 is 8.78 Å². The number of fused-ring (bicyclic) bond motifs is 1. The fourth-order valence-electron chi connectivity index (χ4n) is 2.89. The van der Waals surface area contributed by atoms with Gasteiger partial charge in [-0.25, -0.2) is 13.8 Å². The van der Waals surface area contributed by atoms with Gasteiger partial charge in [0, 0.05) is 23.5 Å². The molecule has 0 N–H and O–H groups in total. The molecule has 0 atom stereocenters. The largest absolute Gasteiger partial charge is 0.301 e. The lowest BCUT2D eigenvalue weighted by Gasteiger charge is -2.12. The highest BCUT2D eigenvalue weighted by atomic mass is 19.1. The van der Waals surface area contributed by atoms with Crippen molar-refractivity contribution in [1.29, 1.82) is 0 Å². The summed E-state index contributed by atoms with van der Waals surface area (Å²) >= 11 is 0. The molecule has 4 aromatic rings. The summed E-state index contributed by atoms with van der Waals surface area (Å²) in [5.41, 5.74) is 1.53. The average Bonchev–Trinajstić information content (AvgIpc) is 2.66. The maximum atomic E-state index is 14.6. The fraction of sp³-hybridized carbons (Fsp3) is 0.0500. The van der Waals surface area contributed by atoms with Gasteiger partial charge in [0.2, 0.25) is 0 Å². The molecule has 0 radical (unpaired) electrons. The Morgan fingerprint density at radius 2 is 1.69 bits per heavy atom. The van der Waals surface area contributed by atoms with Gasteiger partial charge in [-0.1, -0.05) is 18.2 Å². The zero-order valence-electron chi connectivity index (χ0n) is 13.6. The number of rotatable bonds is 3. The topological polar surface area (TPSA) is 47.8 Å². The van der Waals surface area contributed by atoms with Crippen molar-refractivity contribution in [3.8, 4) is 11.1 Å². The minimum Gasteiger partial charge on any atom is -0.301 e. The third-order valence-corrected chi connectivity index (χ3v) is 4.20. The Balaban J connectivity index is 1.81. The van der Waals surface area contributed by atoms with Gasteiger partial charge < -0.3 is 4.57 Å². The molecule has 0 saturated carbocycles. The van der Waals surface area contributed by atoms with E-state index in [4.69, 9.17) is 0 Å². The van der Waals surface area contributed by atoms with Gasteiger partial charge in [-0.05, 0) is 35.9 Å². The van der Waals surface area contributed by atoms with E-state index in [1.807, 2.05) is 0 Å². The van der Waals surface area contributed by atoms with E-state index >= 15 is 0 Å². The molecule has 6 heteroatoms. The maximum absolute atomic E-state index is 14.6. The number of para-hydroxylation sites is 2. The molecule has 0 fully saturated rings. The molecular weight excluding hydrogens is 336 g/mol. The summed E-state index contributed by atoms with van der Waals surface area (Å²) in [4.78, 5) is 20.2. The summed E-state index contributed by atoms with van der Waals surface area (Å²) in [7, 11) is 0. The van der Waals surface area contributed by atoms with Gasteiger partial charge >= 0.3 is 0 Å². The van der Waals surface area contributed by atoms with Crippen LogP contribution in [0.15, 0.2) is 71.9 Å². The Bertz CT molecular complexity index is 1130. The lowest BCUT2D eigenvalue weighted by Crippen LogP contribution is -2.22. The Morgan fingerprint density at radius 3 is 2.42 bits per heavy atom. The molecule has 128 valence electrons. The molecule has 0 bridgehead atoms. The third-order valence-electron chi connectivity index (χ3n) is 4.20. The van der Waals surface area contributed by atoms with Crippen LogP contribution < -0.4 is 5.56 Å². The van der Waals surface area contributed by atoms with Crippen LogP contribution in [0, 0.1) is 11.6 Å². The van der Waals surface area contributed by atoms with Crippen LogP contribution in [0.2, 0.25) is 0 Å². The summed E-state index contributed by atoms with van der Waals surface area (Å²) in [6, 6.07) is 12.9. The number of nitrogens with zero attached hydrogens (tertiary/aromatic N) is 3. The minimum atomic E-state index is -0.711. The van der Waals surface area contributed by atoms with Crippen LogP contribution >= 0.6 is 0 Å². The van der Waals surface area contributed by atoms with Crippen molar-refractivity contribution in [3.05, 3.63) is 94.7 Å². The summed E-state index contributed by atoms with van der Waals surface area (Å²) in [6.45, 7) is -0.215.